The Morgan fingerprint density at radius 2 is 1.74 bits per heavy atom. The number of hydrogen-bond acceptors (Lipinski definition) is 8. The lowest BCUT2D eigenvalue weighted by atomic mass is 10.0. The van der Waals surface area contributed by atoms with Gasteiger partial charge in [0, 0.05) is 23.5 Å². The van der Waals surface area contributed by atoms with E-state index in [-0.39, 0.29) is 28.2 Å². The van der Waals surface area contributed by atoms with Gasteiger partial charge in [-0.25, -0.2) is 13.2 Å². The minimum absolute atomic E-state index is 0.0422. The molecule has 47 heavy (non-hydrogen) atoms. The van der Waals surface area contributed by atoms with Gasteiger partial charge in [-0.1, -0.05) is 12.1 Å². The van der Waals surface area contributed by atoms with Crippen molar-refractivity contribution in [3.05, 3.63) is 77.4 Å². The molecular formula is C34H42N4O8S. The second kappa shape index (κ2) is 14.8. The molecule has 4 rings (SSSR count). The van der Waals surface area contributed by atoms with Crippen LogP contribution in [0.2, 0.25) is 0 Å². The number of nitrogens with one attached hydrogen (secondary N) is 2. The van der Waals surface area contributed by atoms with Crippen molar-refractivity contribution in [2.45, 2.75) is 75.8 Å². The first kappa shape index (κ1) is 35.1. The summed E-state index contributed by atoms with van der Waals surface area (Å²) in [7, 11) is -3.80. The lowest BCUT2D eigenvalue weighted by Gasteiger charge is -2.32. The SMILES string of the molecule is CCOc1cc([C@@H](Nc2cccc(C(N)=O)c2)C(=O)N2CCC[C@@H]2c2cc(NC(=O)O)ccc2S(=O)(=O)C(C)C)ccc1OC(C)C. The van der Waals surface area contributed by atoms with Crippen molar-refractivity contribution in [2.24, 2.45) is 5.73 Å². The fraction of sp³-hybridized carbons (Fsp3) is 0.382. The molecule has 3 amide bonds. The molecule has 0 spiro atoms. The molecule has 1 saturated heterocycles. The molecule has 2 atom stereocenters. The van der Waals surface area contributed by atoms with Gasteiger partial charge in [-0.05, 0) is 107 Å². The van der Waals surface area contributed by atoms with Crippen LogP contribution in [-0.4, -0.2) is 60.8 Å². The van der Waals surface area contributed by atoms with E-state index in [9.17, 15) is 27.9 Å². The van der Waals surface area contributed by atoms with E-state index in [4.69, 9.17) is 15.2 Å². The molecule has 1 fully saturated rings. The van der Waals surface area contributed by atoms with Crippen LogP contribution in [0.5, 0.6) is 11.5 Å². The quantitative estimate of drug-likeness (QED) is 0.177. The number of carbonyl (C=O) groups is 3. The van der Waals surface area contributed by atoms with Crippen molar-refractivity contribution in [1.29, 1.82) is 0 Å². The summed E-state index contributed by atoms with van der Waals surface area (Å²) in [4.78, 5) is 39.7. The lowest BCUT2D eigenvalue weighted by Crippen LogP contribution is -2.38. The maximum atomic E-state index is 14.7. The average molecular weight is 667 g/mol. The standard InChI is InChI=1S/C34H42N4O8S/c1-6-45-29-18-22(12-14-28(29)46-20(2)3)31(36-24-10-7-9-23(17-24)32(35)39)33(40)38-16-8-11-27(38)26-19-25(37-34(41)42)13-15-30(26)47(43,44)21(4)5/h7,9-10,12-15,17-21,27,31,36-37H,6,8,11,16H2,1-5H3,(H2,35,39)(H,41,42)/t27-,31-/m1/s1. The van der Waals surface area contributed by atoms with E-state index in [2.05, 4.69) is 10.6 Å². The van der Waals surface area contributed by atoms with Gasteiger partial charge in [0.15, 0.2) is 21.3 Å². The third-order valence-corrected chi connectivity index (χ3v) is 9.98. The summed E-state index contributed by atoms with van der Waals surface area (Å²) in [6.45, 7) is 9.45. The van der Waals surface area contributed by atoms with E-state index in [1.54, 1.807) is 61.2 Å². The number of ether oxygens (including phenoxy) is 2. The second-order valence-electron chi connectivity index (χ2n) is 11.8. The van der Waals surface area contributed by atoms with Gasteiger partial charge in [0.05, 0.1) is 28.9 Å². The molecule has 3 aromatic carbocycles. The number of amides is 3. The number of nitrogens with zero attached hydrogens (tertiary/aromatic N) is 1. The molecule has 1 aliphatic rings. The van der Waals surface area contributed by atoms with E-state index in [1.807, 2.05) is 20.8 Å². The summed E-state index contributed by atoms with van der Waals surface area (Å²) in [6, 6.07) is 14.3. The first-order chi connectivity index (χ1) is 22.2. The molecule has 3 aromatic rings. The zero-order valence-electron chi connectivity index (χ0n) is 27.1. The van der Waals surface area contributed by atoms with Crippen LogP contribution >= 0.6 is 0 Å². The molecule has 5 N–H and O–H groups in total. The van der Waals surface area contributed by atoms with Crippen LogP contribution in [0, 0.1) is 0 Å². The Labute approximate surface area is 275 Å². The predicted molar refractivity (Wildman–Crippen MR) is 179 cm³/mol. The highest BCUT2D eigenvalue weighted by molar-refractivity contribution is 7.92. The molecule has 1 heterocycles. The molecular weight excluding hydrogens is 624 g/mol. The highest BCUT2D eigenvalue weighted by Crippen LogP contribution is 2.41. The monoisotopic (exact) mass is 666 g/mol. The van der Waals surface area contributed by atoms with Crippen LogP contribution in [0.15, 0.2) is 65.6 Å². The average Bonchev–Trinajstić information content (AvgIpc) is 3.50. The molecule has 0 saturated carbocycles. The van der Waals surface area contributed by atoms with Crippen molar-refractivity contribution >= 4 is 39.1 Å². The van der Waals surface area contributed by atoms with Crippen molar-refractivity contribution in [1.82, 2.24) is 4.90 Å². The molecule has 0 bridgehead atoms. The Kier molecular flexibility index (Phi) is 11.0. The summed E-state index contributed by atoms with van der Waals surface area (Å²) >= 11 is 0. The number of hydrogen-bond donors (Lipinski definition) is 4. The highest BCUT2D eigenvalue weighted by Gasteiger charge is 2.38. The Bertz CT molecular complexity index is 1740. The van der Waals surface area contributed by atoms with Gasteiger partial charge in [0.25, 0.3) is 0 Å². The van der Waals surface area contributed by atoms with Gasteiger partial charge in [0.1, 0.15) is 6.04 Å². The molecule has 0 unspecified atom stereocenters. The number of anilines is 2. The summed E-state index contributed by atoms with van der Waals surface area (Å²) in [6.07, 6.45) is -0.381. The molecule has 12 nitrogen and oxygen atoms in total. The first-order valence-electron chi connectivity index (χ1n) is 15.5. The minimum Gasteiger partial charge on any atom is -0.490 e. The van der Waals surface area contributed by atoms with Crippen LogP contribution in [-0.2, 0) is 14.6 Å². The highest BCUT2D eigenvalue weighted by atomic mass is 32.2. The maximum Gasteiger partial charge on any atom is 0.409 e. The third kappa shape index (κ3) is 8.15. The van der Waals surface area contributed by atoms with Crippen LogP contribution in [0.3, 0.4) is 0 Å². The van der Waals surface area contributed by atoms with E-state index < -0.39 is 39.2 Å². The van der Waals surface area contributed by atoms with E-state index >= 15 is 0 Å². The van der Waals surface area contributed by atoms with E-state index in [1.165, 1.54) is 18.2 Å². The number of likely N-dealkylation sites (tertiary alicyclic amines) is 1. The van der Waals surface area contributed by atoms with Crippen LogP contribution in [0.4, 0.5) is 16.2 Å². The first-order valence-corrected chi connectivity index (χ1v) is 17.1. The Morgan fingerprint density at radius 3 is 2.38 bits per heavy atom. The van der Waals surface area contributed by atoms with E-state index in [0.717, 1.165) is 0 Å². The third-order valence-electron chi connectivity index (χ3n) is 7.75. The minimum atomic E-state index is -3.80. The number of rotatable bonds is 13. The summed E-state index contributed by atoms with van der Waals surface area (Å²) < 4.78 is 38.8. The van der Waals surface area contributed by atoms with Crippen molar-refractivity contribution in [3.8, 4) is 11.5 Å². The number of carboxylic acid groups (broad SMARTS) is 1. The predicted octanol–water partition coefficient (Wildman–Crippen LogP) is 5.76. The van der Waals surface area contributed by atoms with Gasteiger partial charge in [-0.3, -0.25) is 14.9 Å². The van der Waals surface area contributed by atoms with E-state index in [0.29, 0.717) is 54.3 Å². The van der Waals surface area contributed by atoms with Gasteiger partial charge in [0.2, 0.25) is 11.8 Å². The smallest absolute Gasteiger partial charge is 0.409 e. The van der Waals surface area contributed by atoms with Crippen LogP contribution in [0.1, 0.15) is 81.0 Å². The fourth-order valence-electron chi connectivity index (χ4n) is 5.58. The van der Waals surface area contributed by atoms with Crippen molar-refractivity contribution < 1.29 is 37.4 Å². The number of carbonyl (C=O) groups excluding carboxylic acids is 2. The van der Waals surface area contributed by atoms with Crippen LogP contribution < -0.4 is 25.8 Å². The number of benzene rings is 3. The molecule has 0 aliphatic carbocycles. The molecule has 0 aromatic heterocycles. The topological polar surface area (TPSA) is 177 Å². The summed E-state index contributed by atoms with van der Waals surface area (Å²) in [5.41, 5.74) is 7.31. The number of sulfone groups is 1. The van der Waals surface area contributed by atoms with Gasteiger partial charge in [-0.15, -0.1) is 0 Å². The maximum absolute atomic E-state index is 14.7. The zero-order chi connectivity index (χ0) is 34.5. The van der Waals surface area contributed by atoms with Gasteiger partial charge < -0.3 is 30.5 Å². The molecule has 13 heteroatoms. The summed E-state index contributed by atoms with van der Waals surface area (Å²) in [5.74, 6) is -0.0297. The Morgan fingerprint density at radius 1 is 1.00 bits per heavy atom. The van der Waals surface area contributed by atoms with Crippen molar-refractivity contribution in [2.75, 3.05) is 23.8 Å². The molecule has 252 valence electrons. The van der Waals surface area contributed by atoms with Crippen molar-refractivity contribution in [3.63, 3.8) is 0 Å². The number of primary amides is 1. The van der Waals surface area contributed by atoms with Gasteiger partial charge >= 0.3 is 6.09 Å². The lowest BCUT2D eigenvalue weighted by molar-refractivity contribution is -0.133. The Hall–Kier alpha value is -4.78. The normalized spacial score (nSPS) is 15.4. The van der Waals surface area contributed by atoms with Gasteiger partial charge in [-0.2, -0.15) is 0 Å². The summed E-state index contributed by atoms with van der Waals surface area (Å²) in [5, 5.41) is 14.2. The number of nitrogens with two attached hydrogens (primary N) is 1. The molecule has 0 radical (unpaired) electrons. The second-order valence-corrected chi connectivity index (χ2v) is 14.3. The van der Waals surface area contributed by atoms with Crippen LogP contribution in [0.25, 0.3) is 0 Å². The molecule has 1 aliphatic heterocycles. The largest absolute Gasteiger partial charge is 0.490 e. The zero-order valence-corrected chi connectivity index (χ0v) is 28.0. The Balaban J connectivity index is 1.84. The fourth-order valence-corrected chi connectivity index (χ4v) is 6.87.